The average molecular weight is 376 g/mol. The van der Waals surface area contributed by atoms with Crippen molar-refractivity contribution in [1.29, 1.82) is 0 Å². The van der Waals surface area contributed by atoms with Crippen molar-refractivity contribution in [2.75, 3.05) is 7.05 Å². The van der Waals surface area contributed by atoms with Gasteiger partial charge in [0.15, 0.2) is 5.82 Å². The summed E-state index contributed by atoms with van der Waals surface area (Å²) in [6.45, 7) is 3.44. The van der Waals surface area contributed by atoms with Gasteiger partial charge >= 0.3 is 0 Å². The maximum Gasteiger partial charge on any atom is 0.280 e. The molecule has 28 heavy (non-hydrogen) atoms. The first-order chi connectivity index (χ1) is 13.5. The lowest BCUT2D eigenvalue weighted by atomic mass is 10.2. The van der Waals surface area contributed by atoms with Crippen molar-refractivity contribution in [1.82, 2.24) is 29.4 Å². The summed E-state index contributed by atoms with van der Waals surface area (Å²) in [5, 5.41) is 12.0. The lowest BCUT2D eigenvalue weighted by Gasteiger charge is -2.13. The highest BCUT2D eigenvalue weighted by molar-refractivity contribution is 5.88. The first-order valence-electron chi connectivity index (χ1n) is 8.95. The van der Waals surface area contributed by atoms with Crippen molar-refractivity contribution >= 4 is 16.8 Å². The number of carbonyl (C=O) groups is 1. The molecule has 0 radical (unpaired) electrons. The Morgan fingerprint density at radius 3 is 2.39 bits per heavy atom. The van der Waals surface area contributed by atoms with E-state index in [9.17, 15) is 9.59 Å². The Bertz CT molecular complexity index is 1210. The summed E-state index contributed by atoms with van der Waals surface area (Å²) >= 11 is 0. The van der Waals surface area contributed by atoms with E-state index in [0.717, 1.165) is 5.69 Å². The van der Waals surface area contributed by atoms with Gasteiger partial charge < -0.3 is 9.88 Å². The van der Waals surface area contributed by atoms with Crippen molar-refractivity contribution in [2.24, 2.45) is 0 Å². The lowest BCUT2D eigenvalue weighted by molar-refractivity contribution is -0.123. The summed E-state index contributed by atoms with van der Waals surface area (Å²) in [5.41, 5.74) is 1.56. The number of para-hydroxylation sites is 1. The van der Waals surface area contributed by atoms with Crippen LogP contribution in [-0.4, -0.2) is 37.1 Å². The van der Waals surface area contributed by atoms with Gasteiger partial charge in [-0.3, -0.25) is 9.59 Å². The molecule has 0 aliphatic carbocycles. The maximum atomic E-state index is 13.4. The zero-order chi connectivity index (χ0) is 19.8. The third-order valence-electron chi connectivity index (χ3n) is 4.73. The van der Waals surface area contributed by atoms with Gasteiger partial charge in [0.2, 0.25) is 5.91 Å². The van der Waals surface area contributed by atoms with Crippen LogP contribution in [0.3, 0.4) is 0 Å². The van der Waals surface area contributed by atoms with Gasteiger partial charge in [-0.2, -0.15) is 10.2 Å². The average Bonchev–Trinajstić information content (AvgIpc) is 3.38. The van der Waals surface area contributed by atoms with E-state index < -0.39 is 6.04 Å². The molecule has 0 saturated carbocycles. The Morgan fingerprint density at radius 2 is 1.75 bits per heavy atom. The van der Waals surface area contributed by atoms with Crippen LogP contribution in [0.2, 0.25) is 0 Å². The molecule has 3 aromatic heterocycles. The maximum absolute atomic E-state index is 13.4. The third kappa shape index (κ3) is 2.70. The summed E-state index contributed by atoms with van der Waals surface area (Å²) in [4.78, 5) is 25.5. The van der Waals surface area contributed by atoms with Crippen LogP contribution in [0.5, 0.6) is 0 Å². The summed E-state index contributed by atoms with van der Waals surface area (Å²) in [5.74, 6) is 0.325. The van der Waals surface area contributed by atoms with Crippen LogP contribution >= 0.6 is 0 Å². The molecular weight excluding hydrogens is 356 g/mol. The highest BCUT2D eigenvalue weighted by atomic mass is 16.2. The zero-order valence-corrected chi connectivity index (χ0v) is 15.8. The van der Waals surface area contributed by atoms with Gasteiger partial charge in [0.05, 0.1) is 11.4 Å². The molecule has 0 spiro atoms. The van der Waals surface area contributed by atoms with E-state index in [0.29, 0.717) is 22.4 Å². The van der Waals surface area contributed by atoms with Crippen LogP contribution < -0.4 is 10.9 Å². The first-order valence-corrected chi connectivity index (χ1v) is 8.95. The van der Waals surface area contributed by atoms with Crippen LogP contribution in [0.4, 0.5) is 0 Å². The molecule has 0 saturated heterocycles. The van der Waals surface area contributed by atoms with Crippen LogP contribution in [0.15, 0.2) is 59.7 Å². The Labute approximate surface area is 161 Å². The minimum Gasteiger partial charge on any atom is -0.357 e. The first kappa shape index (κ1) is 17.7. The van der Waals surface area contributed by atoms with E-state index in [1.807, 2.05) is 59.4 Å². The molecule has 1 amide bonds. The van der Waals surface area contributed by atoms with Gasteiger partial charge in [-0.25, -0.2) is 9.36 Å². The number of nitrogens with one attached hydrogen (secondary N) is 1. The molecule has 1 atom stereocenters. The SMILES string of the molecule is CNC(=O)[C@@H](C)n1nc(C)c2nn(-c3ccccc3)c(-n3cccc3)c2c1=O. The number of fused-ring (bicyclic) bond motifs is 1. The molecule has 0 aliphatic heterocycles. The second-order valence-electron chi connectivity index (χ2n) is 6.51. The Hall–Kier alpha value is -3.68. The number of hydrogen-bond donors (Lipinski definition) is 1. The van der Waals surface area contributed by atoms with E-state index in [1.54, 1.807) is 18.5 Å². The number of amides is 1. The number of benzene rings is 1. The minimum absolute atomic E-state index is 0.286. The number of aromatic nitrogens is 5. The highest BCUT2D eigenvalue weighted by Crippen LogP contribution is 2.24. The summed E-state index contributed by atoms with van der Waals surface area (Å²) in [6.07, 6.45) is 3.72. The van der Waals surface area contributed by atoms with Crippen molar-refractivity contribution in [3.05, 3.63) is 70.9 Å². The van der Waals surface area contributed by atoms with E-state index in [-0.39, 0.29) is 11.5 Å². The van der Waals surface area contributed by atoms with Gasteiger partial charge in [-0.05, 0) is 38.1 Å². The Morgan fingerprint density at radius 1 is 1.07 bits per heavy atom. The molecule has 8 nitrogen and oxygen atoms in total. The van der Waals surface area contributed by atoms with Crippen LogP contribution in [-0.2, 0) is 4.79 Å². The molecule has 4 rings (SSSR count). The predicted molar refractivity (Wildman–Crippen MR) is 106 cm³/mol. The monoisotopic (exact) mass is 376 g/mol. The largest absolute Gasteiger partial charge is 0.357 e. The standard InChI is InChI=1S/C20H20N6O2/c1-13-17-16(20(28)25(22-13)14(2)18(27)21-3)19(24-11-7-8-12-24)26(23-17)15-9-5-4-6-10-15/h4-12,14H,1-3H3,(H,21,27)/t14-/m1/s1. The molecule has 142 valence electrons. The second-order valence-corrected chi connectivity index (χ2v) is 6.51. The zero-order valence-electron chi connectivity index (χ0n) is 15.8. The summed E-state index contributed by atoms with van der Waals surface area (Å²) < 4.78 is 4.80. The molecule has 4 aromatic rings. The van der Waals surface area contributed by atoms with Crippen molar-refractivity contribution in [3.8, 4) is 11.5 Å². The smallest absolute Gasteiger partial charge is 0.280 e. The fourth-order valence-corrected chi connectivity index (χ4v) is 3.27. The van der Waals surface area contributed by atoms with E-state index >= 15 is 0 Å². The molecule has 1 aromatic carbocycles. The van der Waals surface area contributed by atoms with Crippen LogP contribution in [0, 0.1) is 6.92 Å². The molecule has 3 heterocycles. The summed E-state index contributed by atoms with van der Waals surface area (Å²) in [6, 6.07) is 12.6. The molecule has 0 aliphatic rings. The molecule has 1 N–H and O–H groups in total. The third-order valence-corrected chi connectivity index (χ3v) is 4.73. The van der Waals surface area contributed by atoms with Gasteiger partial charge in [-0.1, -0.05) is 18.2 Å². The van der Waals surface area contributed by atoms with Gasteiger partial charge in [0.1, 0.15) is 16.9 Å². The number of likely N-dealkylation sites (N-methyl/N-ethyl adjacent to an activating group) is 1. The highest BCUT2D eigenvalue weighted by Gasteiger charge is 2.24. The van der Waals surface area contributed by atoms with Crippen LogP contribution in [0.1, 0.15) is 18.7 Å². The van der Waals surface area contributed by atoms with Crippen molar-refractivity contribution < 1.29 is 4.79 Å². The predicted octanol–water partition coefficient (Wildman–Crippen LogP) is 1.99. The summed E-state index contributed by atoms with van der Waals surface area (Å²) in [7, 11) is 1.54. The van der Waals surface area contributed by atoms with Crippen molar-refractivity contribution in [2.45, 2.75) is 19.9 Å². The Kier molecular flexibility index (Phi) is 4.31. The lowest BCUT2D eigenvalue weighted by Crippen LogP contribution is -2.36. The van der Waals surface area contributed by atoms with Crippen molar-refractivity contribution in [3.63, 3.8) is 0 Å². The van der Waals surface area contributed by atoms with E-state index in [2.05, 4.69) is 15.5 Å². The van der Waals surface area contributed by atoms with Crippen LogP contribution in [0.25, 0.3) is 22.4 Å². The molecular formula is C20H20N6O2. The molecule has 0 unspecified atom stereocenters. The second kappa shape index (κ2) is 6.80. The number of carbonyl (C=O) groups excluding carboxylic acids is 1. The molecule has 8 heteroatoms. The minimum atomic E-state index is -0.738. The number of hydrogen-bond acceptors (Lipinski definition) is 4. The molecule has 0 fully saturated rings. The van der Waals surface area contributed by atoms with Gasteiger partial charge in [0.25, 0.3) is 5.56 Å². The number of rotatable bonds is 4. The normalized spacial score (nSPS) is 12.2. The van der Waals surface area contributed by atoms with Gasteiger partial charge in [-0.15, -0.1) is 0 Å². The fraction of sp³-hybridized carbons (Fsp3) is 0.200. The van der Waals surface area contributed by atoms with Gasteiger partial charge in [0, 0.05) is 19.4 Å². The topological polar surface area (TPSA) is 86.7 Å². The molecule has 0 bridgehead atoms. The number of aryl methyl sites for hydroxylation is 1. The Balaban J connectivity index is 2.10. The quantitative estimate of drug-likeness (QED) is 0.590. The van der Waals surface area contributed by atoms with E-state index in [4.69, 9.17) is 0 Å². The number of nitrogens with zero attached hydrogens (tertiary/aromatic N) is 5. The van der Waals surface area contributed by atoms with E-state index in [1.165, 1.54) is 11.7 Å². The fourth-order valence-electron chi connectivity index (χ4n) is 3.27.